The van der Waals surface area contributed by atoms with E-state index in [-0.39, 0.29) is 5.91 Å². The van der Waals surface area contributed by atoms with Crippen molar-refractivity contribution < 1.29 is 9.21 Å². The van der Waals surface area contributed by atoms with Gasteiger partial charge in [0.2, 0.25) is 5.91 Å². The molecule has 1 aliphatic rings. The lowest BCUT2D eigenvalue weighted by Crippen LogP contribution is -2.41. The Hall–Kier alpha value is -1.29. The third-order valence-corrected chi connectivity index (χ3v) is 3.30. The molecule has 1 amide bonds. The SMILES string of the molecule is CCN(C(=O)CCc1ccco1)C1CCNC1. The maximum atomic E-state index is 12.1. The molecule has 4 nitrogen and oxygen atoms in total. The Bertz CT molecular complexity index is 342. The first kappa shape index (κ1) is 12.2. The fraction of sp³-hybridized carbons (Fsp3) is 0.615. The molecule has 0 radical (unpaired) electrons. The molecule has 0 aromatic carbocycles. The average molecular weight is 236 g/mol. The van der Waals surface area contributed by atoms with E-state index in [1.807, 2.05) is 24.0 Å². The van der Waals surface area contributed by atoms with Crippen molar-refractivity contribution in [2.45, 2.75) is 32.2 Å². The smallest absolute Gasteiger partial charge is 0.223 e. The van der Waals surface area contributed by atoms with E-state index in [0.29, 0.717) is 18.9 Å². The summed E-state index contributed by atoms with van der Waals surface area (Å²) in [6.45, 7) is 4.79. The molecule has 4 heteroatoms. The van der Waals surface area contributed by atoms with Gasteiger partial charge in [0, 0.05) is 32.0 Å². The van der Waals surface area contributed by atoms with Gasteiger partial charge in [-0.25, -0.2) is 0 Å². The second kappa shape index (κ2) is 5.87. The predicted octanol–water partition coefficient (Wildman–Crippen LogP) is 1.42. The molecule has 94 valence electrons. The van der Waals surface area contributed by atoms with Crippen LogP contribution in [-0.4, -0.2) is 36.5 Å². The molecule has 17 heavy (non-hydrogen) atoms. The zero-order chi connectivity index (χ0) is 12.1. The van der Waals surface area contributed by atoms with Gasteiger partial charge in [-0.2, -0.15) is 0 Å². The molecule has 1 atom stereocenters. The standard InChI is InChI=1S/C13H20N2O2/c1-2-15(11-7-8-14-10-11)13(16)6-5-12-4-3-9-17-12/h3-4,9,11,14H,2,5-8,10H2,1H3. The van der Waals surface area contributed by atoms with Crippen LogP contribution in [0.5, 0.6) is 0 Å². The molecule has 2 rings (SSSR count). The molecule has 0 bridgehead atoms. The molecule has 0 saturated carbocycles. The van der Waals surface area contributed by atoms with E-state index in [4.69, 9.17) is 4.42 Å². The summed E-state index contributed by atoms with van der Waals surface area (Å²) in [7, 11) is 0. The molecule has 0 aliphatic carbocycles. The third kappa shape index (κ3) is 3.09. The summed E-state index contributed by atoms with van der Waals surface area (Å²) in [5.41, 5.74) is 0. The average Bonchev–Trinajstić information content (AvgIpc) is 3.00. The molecule has 1 aromatic heterocycles. The van der Waals surface area contributed by atoms with Gasteiger partial charge >= 0.3 is 0 Å². The number of nitrogens with one attached hydrogen (secondary N) is 1. The highest BCUT2D eigenvalue weighted by molar-refractivity contribution is 5.76. The van der Waals surface area contributed by atoms with Crippen molar-refractivity contribution in [3.63, 3.8) is 0 Å². The number of hydrogen-bond donors (Lipinski definition) is 1. The molecule has 1 unspecified atom stereocenters. The number of furan rings is 1. The van der Waals surface area contributed by atoms with E-state index in [1.54, 1.807) is 6.26 Å². The number of carbonyl (C=O) groups is 1. The minimum Gasteiger partial charge on any atom is -0.469 e. The molecule has 0 spiro atoms. The number of aryl methyl sites for hydroxylation is 1. The summed E-state index contributed by atoms with van der Waals surface area (Å²) >= 11 is 0. The van der Waals surface area contributed by atoms with Crippen molar-refractivity contribution >= 4 is 5.91 Å². The highest BCUT2D eigenvalue weighted by Gasteiger charge is 2.24. The second-order valence-corrected chi connectivity index (χ2v) is 4.41. The molecule has 2 heterocycles. The van der Waals surface area contributed by atoms with E-state index >= 15 is 0 Å². The Morgan fingerprint density at radius 2 is 2.53 bits per heavy atom. The Morgan fingerprint density at radius 3 is 3.12 bits per heavy atom. The fourth-order valence-corrected chi connectivity index (χ4v) is 2.37. The largest absolute Gasteiger partial charge is 0.469 e. The first-order valence-corrected chi connectivity index (χ1v) is 6.34. The van der Waals surface area contributed by atoms with E-state index in [1.165, 1.54) is 0 Å². The third-order valence-electron chi connectivity index (χ3n) is 3.30. The number of carbonyl (C=O) groups excluding carboxylic acids is 1. The van der Waals surface area contributed by atoms with Crippen LogP contribution in [0, 0.1) is 0 Å². The quantitative estimate of drug-likeness (QED) is 0.841. The van der Waals surface area contributed by atoms with Crippen molar-refractivity contribution in [3.05, 3.63) is 24.2 Å². The minimum atomic E-state index is 0.234. The van der Waals surface area contributed by atoms with Gasteiger partial charge in [0.15, 0.2) is 0 Å². The van der Waals surface area contributed by atoms with E-state index in [0.717, 1.165) is 31.8 Å². The van der Waals surface area contributed by atoms with E-state index < -0.39 is 0 Å². The van der Waals surface area contributed by atoms with Crippen LogP contribution >= 0.6 is 0 Å². The fourth-order valence-electron chi connectivity index (χ4n) is 2.37. The number of likely N-dealkylation sites (N-methyl/N-ethyl adjacent to an activating group) is 1. The highest BCUT2D eigenvalue weighted by Crippen LogP contribution is 2.12. The highest BCUT2D eigenvalue weighted by atomic mass is 16.3. The van der Waals surface area contributed by atoms with Gasteiger partial charge in [-0.3, -0.25) is 4.79 Å². The Balaban J connectivity index is 1.84. The molecule has 1 N–H and O–H groups in total. The van der Waals surface area contributed by atoms with Crippen molar-refractivity contribution in [2.75, 3.05) is 19.6 Å². The maximum absolute atomic E-state index is 12.1. The molecule has 1 aromatic rings. The van der Waals surface area contributed by atoms with E-state index in [9.17, 15) is 4.79 Å². The van der Waals surface area contributed by atoms with Crippen molar-refractivity contribution in [1.82, 2.24) is 10.2 Å². The minimum absolute atomic E-state index is 0.234. The summed E-state index contributed by atoms with van der Waals surface area (Å²) in [6, 6.07) is 4.16. The molecule has 1 saturated heterocycles. The van der Waals surface area contributed by atoms with E-state index in [2.05, 4.69) is 5.32 Å². The summed E-state index contributed by atoms with van der Waals surface area (Å²) in [5, 5.41) is 3.30. The van der Waals surface area contributed by atoms with Crippen molar-refractivity contribution in [1.29, 1.82) is 0 Å². The molecule has 1 fully saturated rings. The normalized spacial score (nSPS) is 19.5. The van der Waals surface area contributed by atoms with Gasteiger partial charge in [0.05, 0.1) is 6.26 Å². The van der Waals surface area contributed by atoms with Crippen LogP contribution in [0.4, 0.5) is 0 Å². The Labute approximate surface area is 102 Å². The van der Waals surface area contributed by atoms with Crippen molar-refractivity contribution in [2.24, 2.45) is 0 Å². The molecular weight excluding hydrogens is 216 g/mol. The van der Waals surface area contributed by atoms with Crippen LogP contribution in [0.2, 0.25) is 0 Å². The summed E-state index contributed by atoms with van der Waals surface area (Å²) < 4.78 is 5.24. The Kier molecular flexibility index (Phi) is 4.20. The van der Waals surface area contributed by atoms with Crippen LogP contribution in [-0.2, 0) is 11.2 Å². The maximum Gasteiger partial charge on any atom is 0.223 e. The van der Waals surface area contributed by atoms with Gasteiger partial charge in [0.1, 0.15) is 5.76 Å². The van der Waals surface area contributed by atoms with Crippen LogP contribution in [0.1, 0.15) is 25.5 Å². The second-order valence-electron chi connectivity index (χ2n) is 4.41. The van der Waals surface area contributed by atoms with Gasteiger partial charge in [-0.1, -0.05) is 0 Å². The van der Waals surface area contributed by atoms with Gasteiger partial charge in [-0.15, -0.1) is 0 Å². The number of nitrogens with zero attached hydrogens (tertiary/aromatic N) is 1. The Morgan fingerprint density at radius 1 is 1.65 bits per heavy atom. The van der Waals surface area contributed by atoms with Crippen molar-refractivity contribution in [3.8, 4) is 0 Å². The lowest BCUT2D eigenvalue weighted by atomic mass is 10.1. The number of rotatable bonds is 5. The summed E-state index contributed by atoms with van der Waals surface area (Å²) in [6.07, 6.45) is 3.96. The van der Waals surface area contributed by atoms with Gasteiger partial charge in [-0.05, 0) is 32.0 Å². The molecule has 1 aliphatic heterocycles. The number of amides is 1. The lowest BCUT2D eigenvalue weighted by molar-refractivity contribution is -0.133. The van der Waals surface area contributed by atoms with Crippen LogP contribution in [0.3, 0.4) is 0 Å². The molecular formula is C13H20N2O2. The first-order chi connectivity index (χ1) is 8.31. The van der Waals surface area contributed by atoms with Gasteiger partial charge in [0.25, 0.3) is 0 Å². The van der Waals surface area contributed by atoms with Crippen LogP contribution in [0.25, 0.3) is 0 Å². The van der Waals surface area contributed by atoms with Gasteiger partial charge < -0.3 is 14.6 Å². The zero-order valence-corrected chi connectivity index (χ0v) is 10.3. The summed E-state index contributed by atoms with van der Waals surface area (Å²) in [4.78, 5) is 14.1. The number of hydrogen-bond acceptors (Lipinski definition) is 3. The zero-order valence-electron chi connectivity index (χ0n) is 10.3. The van der Waals surface area contributed by atoms with Crippen LogP contribution < -0.4 is 5.32 Å². The lowest BCUT2D eigenvalue weighted by Gasteiger charge is -2.27. The topological polar surface area (TPSA) is 45.5 Å². The monoisotopic (exact) mass is 236 g/mol. The predicted molar refractivity (Wildman–Crippen MR) is 65.7 cm³/mol. The summed E-state index contributed by atoms with van der Waals surface area (Å²) in [5.74, 6) is 1.12. The first-order valence-electron chi connectivity index (χ1n) is 6.34. The van der Waals surface area contributed by atoms with Crippen LogP contribution in [0.15, 0.2) is 22.8 Å².